The zero-order chi connectivity index (χ0) is 17.7. The molecule has 0 spiro atoms. The van der Waals surface area contributed by atoms with E-state index in [1.54, 1.807) is 0 Å². The average Bonchev–Trinajstić information content (AvgIpc) is 2.56. The van der Waals surface area contributed by atoms with Crippen LogP contribution in [0.15, 0.2) is 0 Å². The molecular weight excluding hydrogens is 324 g/mol. The standard InChI is InChI=1S/C15H30O9/c16-2-4-20-6-8-22-10-12-24-14-13-23-11-9-21-7-5-19-3-1-15(17)18/h16H,1-14H2,(H,17,18). The van der Waals surface area contributed by atoms with E-state index in [1.807, 2.05) is 0 Å². The third-order valence-corrected chi connectivity index (χ3v) is 2.56. The van der Waals surface area contributed by atoms with Crippen molar-refractivity contribution >= 4 is 5.97 Å². The van der Waals surface area contributed by atoms with Crippen LogP contribution >= 0.6 is 0 Å². The maximum Gasteiger partial charge on any atom is 0.305 e. The maximum absolute atomic E-state index is 10.2. The second-order valence-corrected chi connectivity index (χ2v) is 4.54. The van der Waals surface area contributed by atoms with Crippen LogP contribution in [0.25, 0.3) is 0 Å². The summed E-state index contributed by atoms with van der Waals surface area (Å²) in [5, 5.41) is 16.9. The van der Waals surface area contributed by atoms with Crippen molar-refractivity contribution in [3.63, 3.8) is 0 Å². The largest absolute Gasteiger partial charge is 0.481 e. The Labute approximate surface area is 142 Å². The fraction of sp³-hybridized carbons (Fsp3) is 0.933. The summed E-state index contributed by atoms with van der Waals surface area (Å²) in [5.41, 5.74) is 0. The fourth-order valence-electron chi connectivity index (χ4n) is 1.43. The Bertz CT molecular complexity index is 263. The van der Waals surface area contributed by atoms with Gasteiger partial charge in [0.2, 0.25) is 0 Å². The quantitative estimate of drug-likeness (QED) is 0.281. The van der Waals surface area contributed by atoms with Gasteiger partial charge in [0.05, 0.1) is 92.3 Å². The molecule has 0 saturated heterocycles. The molecule has 0 bridgehead atoms. The number of aliphatic hydroxyl groups excluding tert-OH is 1. The topological polar surface area (TPSA) is 113 Å². The molecule has 9 heteroatoms. The van der Waals surface area contributed by atoms with Crippen LogP contribution in [0.5, 0.6) is 0 Å². The molecule has 0 amide bonds. The number of ether oxygens (including phenoxy) is 6. The van der Waals surface area contributed by atoms with Crippen molar-refractivity contribution in [2.45, 2.75) is 6.42 Å². The third kappa shape index (κ3) is 21.2. The Morgan fingerprint density at radius 3 is 1.12 bits per heavy atom. The number of carbonyl (C=O) groups is 1. The Morgan fingerprint density at radius 1 is 0.542 bits per heavy atom. The van der Waals surface area contributed by atoms with E-state index in [-0.39, 0.29) is 19.6 Å². The van der Waals surface area contributed by atoms with Gasteiger partial charge in [0.25, 0.3) is 0 Å². The van der Waals surface area contributed by atoms with Gasteiger partial charge in [-0.2, -0.15) is 0 Å². The van der Waals surface area contributed by atoms with E-state index in [0.29, 0.717) is 72.7 Å². The Morgan fingerprint density at radius 2 is 0.833 bits per heavy atom. The highest BCUT2D eigenvalue weighted by Gasteiger charge is 1.96. The smallest absolute Gasteiger partial charge is 0.305 e. The van der Waals surface area contributed by atoms with Crippen molar-refractivity contribution in [1.29, 1.82) is 0 Å². The molecule has 0 heterocycles. The van der Waals surface area contributed by atoms with E-state index in [4.69, 9.17) is 38.6 Å². The first-order valence-corrected chi connectivity index (χ1v) is 8.06. The lowest BCUT2D eigenvalue weighted by Crippen LogP contribution is -2.14. The number of hydrogen-bond acceptors (Lipinski definition) is 8. The summed E-state index contributed by atoms with van der Waals surface area (Å²) in [6.45, 7) is 5.18. The Kier molecular flexibility index (Phi) is 19.6. The van der Waals surface area contributed by atoms with E-state index in [0.717, 1.165) is 0 Å². The number of carboxylic acids is 1. The highest BCUT2D eigenvalue weighted by atomic mass is 16.6. The molecule has 0 unspecified atom stereocenters. The zero-order valence-electron chi connectivity index (χ0n) is 14.2. The number of rotatable bonds is 20. The minimum atomic E-state index is -0.870. The van der Waals surface area contributed by atoms with E-state index in [1.165, 1.54) is 0 Å². The first-order chi connectivity index (χ1) is 11.8. The van der Waals surface area contributed by atoms with Gasteiger partial charge in [0, 0.05) is 0 Å². The van der Waals surface area contributed by atoms with Gasteiger partial charge < -0.3 is 38.6 Å². The van der Waals surface area contributed by atoms with Crippen LogP contribution in [0, 0.1) is 0 Å². The van der Waals surface area contributed by atoms with Crippen LogP contribution in [0.3, 0.4) is 0 Å². The molecule has 24 heavy (non-hydrogen) atoms. The van der Waals surface area contributed by atoms with Gasteiger partial charge in [-0.3, -0.25) is 4.79 Å². The zero-order valence-corrected chi connectivity index (χ0v) is 14.2. The SMILES string of the molecule is O=C(O)CCOCCOCCOCCOCCOCCOCCO. The van der Waals surface area contributed by atoms with Crippen LogP contribution < -0.4 is 0 Å². The minimum absolute atomic E-state index is 0.00560. The molecule has 0 atom stereocenters. The average molecular weight is 354 g/mol. The molecule has 0 aliphatic heterocycles. The van der Waals surface area contributed by atoms with Gasteiger partial charge in [0.15, 0.2) is 0 Å². The molecule has 9 nitrogen and oxygen atoms in total. The normalized spacial score (nSPS) is 11.0. The third-order valence-electron chi connectivity index (χ3n) is 2.56. The number of aliphatic hydroxyl groups is 1. The van der Waals surface area contributed by atoms with Crippen molar-refractivity contribution in [2.24, 2.45) is 0 Å². The van der Waals surface area contributed by atoms with Crippen molar-refractivity contribution in [3.05, 3.63) is 0 Å². The molecule has 144 valence electrons. The summed E-state index contributed by atoms with van der Waals surface area (Å²) in [5.74, 6) is -0.870. The molecule has 0 fully saturated rings. The Balaban J connectivity index is 2.97. The number of hydrogen-bond donors (Lipinski definition) is 2. The van der Waals surface area contributed by atoms with E-state index < -0.39 is 5.97 Å². The van der Waals surface area contributed by atoms with E-state index in [9.17, 15) is 4.79 Å². The molecule has 0 aromatic carbocycles. The Hall–Kier alpha value is -0.810. The molecule has 0 aliphatic carbocycles. The van der Waals surface area contributed by atoms with Gasteiger partial charge in [0.1, 0.15) is 0 Å². The van der Waals surface area contributed by atoms with E-state index in [2.05, 4.69) is 0 Å². The molecule has 0 aromatic rings. The summed E-state index contributed by atoms with van der Waals surface area (Å²) in [4.78, 5) is 10.2. The molecule has 0 radical (unpaired) electrons. The van der Waals surface area contributed by atoms with Crippen molar-refractivity contribution < 1.29 is 43.4 Å². The van der Waals surface area contributed by atoms with E-state index >= 15 is 0 Å². The highest BCUT2D eigenvalue weighted by Crippen LogP contribution is 1.86. The van der Waals surface area contributed by atoms with Gasteiger partial charge in [-0.1, -0.05) is 0 Å². The second-order valence-electron chi connectivity index (χ2n) is 4.54. The lowest BCUT2D eigenvalue weighted by atomic mass is 10.5. The molecule has 0 aliphatic rings. The summed E-state index contributed by atoms with van der Waals surface area (Å²) < 4.78 is 31.2. The van der Waals surface area contributed by atoms with Gasteiger partial charge in [-0.15, -0.1) is 0 Å². The predicted octanol–water partition coefficient (Wildman–Crippen LogP) is -0.447. The minimum Gasteiger partial charge on any atom is -0.481 e. The van der Waals surface area contributed by atoms with Crippen molar-refractivity contribution in [1.82, 2.24) is 0 Å². The highest BCUT2D eigenvalue weighted by molar-refractivity contribution is 5.66. The van der Waals surface area contributed by atoms with Crippen molar-refractivity contribution in [3.8, 4) is 0 Å². The monoisotopic (exact) mass is 354 g/mol. The first-order valence-electron chi connectivity index (χ1n) is 8.06. The summed E-state index contributed by atoms with van der Waals surface area (Å²) in [6, 6.07) is 0. The maximum atomic E-state index is 10.2. The summed E-state index contributed by atoms with van der Waals surface area (Å²) in [7, 11) is 0. The fourth-order valence-corrected chi connectivity index (χ4v) is 1.43. The van der Waals surface area contributed by atoms with Crippen LogP contribution in [0.4, 0.5) is 0 Å². The second kappa shape index (κ2) is 20.2. The lowest BCUT2D eigenvalue weighted by Gasteiger charge is -2.08. The lowest BCUT2D eigenvalue weighted by molar-refractivity contribution is -0.138. The number of aliphatic carboxylic acids is 1. The molecule has 0 rings (SSSR count). The van der Waals surface area contributed by atoms with Crippen LogP contribution in [0.2, 0.25) is 0 Å². The number of carboxylic acid groups (broad SMARTS) is 1. The molecule has 2 N–H and O–H groups in total. The summed E-state index contributed by atoms with van der Waals surface area (Å²) in [6.07, 6.45) is 0.00560. The van der Waals surface area contributed by atoms with Crippen LogP contribution in [-0.2, 0) is 33.2 Å². The summed E-state index contributed by atoms with van der Waals surface area (Å²) >= 11 is 0. The van der Waals surface area contributed by atoms with Gasteiger partial charge >= 0.3 is 5.97 Å². The molecular formula is C15H30O9. The van der Waals surface area contributed by atoms with Crippen molar-refractivity contribution in [2.75, 3.05) is 85.9 Å². The van der Waals surface area contributed by atoms with Crippen LogP contribution in [0.1, 0.15) is 6.42 Å². The molecule has 0 aromatic heterocycles. The van der Waals surface area contributed by atoms with Gasteiger partial charge in [-0.05, 0) is 0 Å². The van der Waals surface area contributed by atoms with Crippen LogP contribution in [-0.4, -0.2) is 102 Å². The first kappa shape index (κ1) is 23.2. The van der Waals surface area contributed by atoms with Gasteiger partial charge in [-0.25, -0.2) is 0 Å². The molecule has 0 saturated carbocycles. The predicted molar refractivity (Wildman–Crippen MR) is 84.3 cm³/mol.